The maximum absolute atomic E-state index is 6.06. The predicted octanol–water partition coefficient (Wildman–Crippen LogP) is 4.06. The number of benzene rings is 2. The van der Waals surface area contributed by atoms with Crippen LogP contribution >= 0.6 is 11.7 Å². The minimum absolute atomic E-state index is 0.528. The number of nitrogens with zero attached hydrogens (tertiary/aromatic N) is 4. The smallest absolute Gasteiger partial charge is 0.271 e. The molecule has 0 spiro atoms. The standard InChI is InChI=1S/C22H26N4OS/c1-17-8-9-18(2)20(14-17)16-27-22-21(23-28-24-22)26-12-10-25(11-13-26)15-19-6-4-3-5-7-19/h3-9,14H,10-13,15-16H2,1-2H3. The molecule has 1 aliphatic rings. The fourth-order valence-corrected chi connectivity index (χ4v) is 4.04. The summed E-state index contributed by atoms with van der Waals surface area (Å²) < 4.78 is 15.0. The molecule has 0 atom stereocenters. The van der Waals surface area contributed by atoms with Crippen molar-refractivity contribution in [3.8, 4) is 5.88 Å². The lowest BCUT2D eigenvalue weighted by atomic mass is 10.1. The highest BCUT2D eigenvalue weighted by molar-refractivity contribution is 6.99. The van der Waals surface area contributed by atoms with Crippen molar-refractivity contribution in [2.24, 2.45) is 0 Å². The molecule has 28 heavy (non-hydrogen) atoms. The van der Waals surface area contributed by atoms with E-state index in [4.69, 9.17) is 4.74 Å². The van der Waals surface area contributed by atoms with Crippen LogP contribution in [0.2, 0.25) is 0 Å². The van der Waals surface area contributed by atoms with Crippen LogP contribution in [-0.2, 0) is 13.2 Å². The van der Waals surface area contributed by atoms with E-state index in [0.29, 0.717) is 12.5 Å². The minimum Gasteiger partial charge on any atom is -0.470 e. The molecule has 3 aromatic rings. The van der Waals surface area contributed by atoms with Gasteiger partial charge in [-0.1, -0.05) is 54.1 Å². The zero-order valence-electron chi connectivity index (χ0n) is 16.5. The summed E-state index contributed by atoms with van der Waals surface area (Å²) in [5.74, 6) is 1.54. The topological polar surface area (TPSA) is 41.5 Å². The highest BCUT2D eigenvalue weighted by Crippen LogP contribution is 2.28. The first-order chi connectivity index (χ1) is 13.7. The second-order valence-electron chi connectivity index (χ2n) is 7.36. The molecule has 0 bridgehead atoms. The first-order valence-electron chi connectivity index (χ1n) is 9.72. The van der Waals surface area contributed by atoms with Crippen molar-refractivity contribution in [2.45, 2.75) is 27.0 Å². The lowest BCUT2D eigenvalue weighted by Gasteiger charge is -2.34. The molecule has 0 N–H and O–H groups in total. The summed E-state index contributed by atoms with van der Waals surface area (Å²) in [6.07, 6.45) is 0. The van der Waals surface area contributed by atoms with E-state index in [0.717, 1.165) is 38.5 Å². The number of rotatable bonds is 6. The number of aryl methyl sites for hydroxylation is 2. The van der Waals surface area contributed by atoms with Gasteiger partial charge in [-0.05, 0) is 30.5 Å². The van der Waals surface area contributed by atoms with Crippen molar-refractivity contribution in [3.63, 3.8) is 0 Å². The van der Waals surface area contributed by atoms with E-state index in [1.54, 1.807) is 0 Å². The van der Waals surface area contributed by atoms with Gasteiger partial charge in [0, 0.05) is 32.7 Å². The average molecular weight is 395 g/mol. The van der Waals surface area contributed by atoms with Crippen molar-refractivity contribution in [1.82, 2.24) is 13.6 Å². The molecule has 1 saturated heterocycles. The van der Waals surface area contributed by atoms with Gasteiger partial charge in [0.25, 0.3) is 5.88 Å². The van der Waals surface area contributed by atoms with E-state index in [1.165, 1.54) is 34.0 Å². The van der Waals surface area contributed by atoms with Crippen molar-refractivity contribution < 1.29 is 4.74 Å². The zero-order valence-corrected chi connectivity index (χ0v) is 17.3. The summed E-state index contributed by atoms with van der Waals surface area (Å²) in [5.41, 5.74) is 5.05. The second kappa shape index (κ2) is 8.71. The van der Waals surface area contributed by atoms with Gasteiger partial charge in [-0.15, -0.1) is 4.37 Å². The lowest BCUT2D eigenvalue weighted by Crippen LogP contribution is -2.46. The maximum Gasteiger partial charge on any atom is 0.271 e. The summed E-state index contributed by atoms with van der Waals surface area (Å²) in [6, 6.07) is 17.1. The maximum atomic E-state index is 6.06. The molecule has 6 heteroatoms. The third-order valence-corrected chi connectivity index (χ3v) is 5.73. The van der Waals surface area contributed by atoms with Crippen LogP contribution < -0.4 is 9.64 Å². The number of hydrogen-bond donors (Lipinski definition) is 0. The van der Waals surface area contributed by atoms with Crippen LogP contribution in [0.4, 0.5) is 5.82 Å². The molecule has 0 amide bonds. The van der Waals surface area contributed by atoms with Crippen molar-refractivity contribution >= 4 is 17.5 Å². The summed E-state index contributed by atoms with van der Waals surface area (Å²) in [7, 11) is 0. The lowest BCUT2D eigenvalue weighted by molar-refractivity contribution is 0.246. The molecule has 0 saturated carbocycles. The molecule has 1 aliphatic heterocycles. The van der Waals surface area contributed by atoms with Crippen LogP contribution in [0.25, 0.3) is 0 Å². The van der Waals surface area contributed by atoms with Crippen molar-refractivity contribution in [3.05, 3.63) is 70.8 Å². The fourth-order valence-electron chi connectivity index (χ4n) is 3.52. The zero-order chi connectivity index (χ0) is 19.3. The Morgan fingerprint density at radius 2 is 1.75 bits per heavy atom. The highest BCUT2D eigenvalue weighted by Gasteiger charge is 2.23. The molecule has 4 rings (SSSR count). The molecule has 146 valence electrons. The Bertz CT molecular complexity index is 904. The molecule has 0 unspecified atom stereocenters. The minimum atomic E-state index is 0.528. The van der Waals surface area contributed by atoms with Crippen LogP contribution in [0, 0.1) is 13.8 Å². The fraction of sp³-hybridized carbons (Fsp3) is 0.364. The van der Waals surface area contributed by atoms with Crippen LogP contribution in [-0.4, -0.2) is 39.8 Å². The molecular formula is C22H26N4OS. The summed E-state index contributed by atoms with van der Waals surface area (Å²) >= 11 is 1.23. The van der Waals surface area contributed by atoms with Gasteiger partial charge in [-0.3, -0.25) is 4.90 Å². The average Bonchev–Trinajstić information content (AvgIpc) is 3.19. The van der Waals surface area contributed by atoms with E-state index in [1.807, 2.05) is 0 Å². The Morgan fingerprint density at radius 3 is 2.54 bits per heavy atom. The van der Waals surface area contributed by atoms with Gasteiger partial charge in [0.1, 0.15) is 6.61 Å². The number of ether oxygens (including phenoxy) is 1. The Hall–Kier alpha value is -2.44. The summed E-state index contributed by atoms with van der Waals surface area (Å²) in [6.45, 7) is 9.67. The second-order valence-corrected chi connectivity index (χ2v) is 7.89. The van der Waals surface area contributed by atoms with Gasteiger partial charge >= 0.3 is 0 Å². The third-order valence-electron chi connectivity index (χ3n) is 5.23. The number of hydrogen-bond acceptors (Lipinski definition) is 6. The predicted molar refractivity (Wildman–Crippen MR) is 114 cm³/mol. The Labute approximate surface area is 170 Å². The summed E-state index contributed by atoms with van der Waals surface area (Å²) in [5, 5.41) is 0. The number of aromatic nitrogens is 2. The van der Waals surface area contributed by atoms with Crippen molar-refractivity contribution in [1.29, 1.82) is 0 Å². The highest BCUT2D eigenvalue weighted by atomic mass is 32.1. The normalized spacial score (nSPS) is 15.0. The van der Waals surface area contributed by atoms with Crippen LogP contribution in [0.15, 0.2) is 48.5 Å². The van der Waals surface area contributed by atoms with Gasteiger partial charge in [0.15, 0.2) is 0 Å². The number of anilines is 1. The van der Waals surface area contributed by atoms with Gasteiger partial charge in [-0.25, -0.2) is 0 Å². The van der Waals surface area contributed by atoms with E-state index >= 15 is 0 Å². The van der Waals surface area contributed by atoms with Crippen LogP contribution in [0.1, 0.15) is 22.3 Å². The Morgan fingerprint density at radius 1 is 0.964 bits per heavy atom. The monoisotopic (exact) mass is 394 g/mol. The third kappa shape index (κ3) is 4.51. The molecular weight excluding hydrogens is 368 g/mol. The Kier molecular flexibility index (Phi) is 5.88. The molecule has 2 heterocycles. The van der Waals surface area contributed by atoms with Crippen LogP contribution in [0.3, 0.4) is 0 Å². The molecule has 1 fully saturated rings. The SMILES string of the molecule is Cc1ccc(C)c(COc2nsnc2N2CCN(Cc3ccccc3)CC2)c1. The van der Waals surface area contributed by atoms with Crippen LogP contribution in [0.5, 0.6) is 5.88 Å². The van der Waals surface area contributed by atoms with E-state index in [-0.39, 0.29) is 0 Å². The van der Waals surface area contributed by atoms with Gasteiger partial charge in [0.2, 0.25) is 5.82 Å². The molecule has 1 aromatic heterocycles. The van der Waals surface area contributed by atoms with Gasteiger partial charge in [-0.2, -0.15) is 4.37 Å². The molecule has 5 nitrogen and oxygen atoms in total. The Balaban J connectivity index is 1.35. The first-order valence-corrected chi connectivity index (χ1v) is 10.4. The quantitative estimate of drug-likeness (QED) is 0.631. The molecule has 0 aliphatic carbocycles. The first kappa shape index (κ1) is 18.9. The molecule has 0 radical (unpaired) electrons. The number of piperazine rings is 1. The summed E-state index contributed by atoms with van der Waals surface area (Å²) in [4.78, 5) is 4.78. The van der Waals surface area contributed by atoms with Gasteiger partial charge < -0.3 is 9.64 Å². The van der Waals surface area contributed by atoms with E-state index in [9.17, 15) is 0 Å². The van der Waals surface area contributed by atoms with Crippen molar-refractivity contribution in [2.75, 3.05) is 31.1 Å². The largest absolute Gasteiger partial charge is 0.470 e. The van der Waals surface area contributed by atoms with Gasteiger partial charge in [0.05, 0.1) is 11.7 Å². The van der Waals surface area contributed by atoms with E-state index < -0.39 is 0 Å². The van der Waals surface area contributed by atoms with E-state index in [2.05, 4.69) is 80.9 Å². The molecule has 2 aromatic carbocycles.